The summed E-state index contributed by atoms with van der Waals surface area (Å²) in [5.74, 6) is -0.235. The van der Waals surface area contributed by atoms with Crippen molar-refractivity contribution in [1.82, 2.24) is 14.9 Å². The minimum Gasteiger partial charge on any atom is -0.481 e. The molecule has 2 heterocycles. The van der Waals surface area contributed by atoms with Crippen LogP contribution >= 0.6 is 12.4 Å². The quantitative estimate of drug-likeness (QED) is 0.858. The van der Waals surface area contributed by atoms with Gasteiger partial charge in [0.2, 0.25) is 11.9 Å². The van der Waals surface area contributed by atoms with Gasteiger partial charge in [0.25, 0.3) is 0 Å². The Balaban J connectivity index is 0.00000200. The van der Waals surface area contributed by atoms with Crippen LogP contribution in [-0.2, 0) is 16.0 Å². The van der Waals surface area contributed by atoms with Crippen LogP contribution in [0.3, 0.4) is 0 Å². The zero-order valence-electron chi connectivity index (χ0n) is 11.2. The number of anilines is 1. The van der Waals surface area contributed by atoms with Gasteiger partial charge in [0.15, 0.2) is 0 Å². The van der Waals surface area contributed by atoms with Gasteiger partial charge in [-0.05, 0) is 0 Å². The first-order chi connectivity index (χ1) is 9.06. The van der Waals surface area contributed by atoms with Gasteiger partial charge in [0.1, 0.15) is 0 Å². The second-order valence-electron chi connectivity index (χ2n) is 4.45. The predicted molar refractivity (Wildman–Crippen MR) is 75.1 cm³/mol. The van der Waals surface area contributed by atoms with Crippen LogP contribution in [0, 0.1) is 0 Å². The summed E-state index contributed by atoms with van der Waals surface area (Å²) in [6.45, 7) is 4.27. The first-order valence-corrected chi connectivity index (χ1v) is 6.09. The number of aromatic nitrogens is 2. The summed E-state index contributed by atoms with van der Waals surface area (Å²) in [6, 6.07) is 0. The molecule has 110 valence electrons. The van der Waals surface area contributed by atoms with E-state index in [1.54, 1.807) is 11.8 Å². The van der Waals surface area contributed by atoms with E-state index in [1.807, 2.05) is 4.90 Å². The molecular formula is C12H17ClN4O3. The van der Waals surface area contributed by atoms with Crippen LogP contribution in [0.2, 0.25) is 0 Å². The SMILES string of the molecule is CC(=O)N1CCN(c2ncc(CC(=O)O)cn2)CC1.Cl. The van der Waals surface area contributed by atoms with Crippen molar-refractivity contribution in [3.05, 3.63) is 18.0 Å². The van der Waals surface area contributed by atoms with E-state index in [0.29, 0.717) is 37.7 Å². The van der Waals surface area contributed by atoms with E-state index in [9.17, 15) is 9.59 Å². The molecule has 20 heavy (non-hydrogen) atoms. The monoisotopic (exact) mass is 300 g/mol. The van der Waals surface area contributed by atoms with E-state index < -0.39 is 5.97 Å². The summed E-state index contributed by atoms with van der Waals surface area (Å²) in [5.41, 5.74) is 0.582. The number of carbonyl (C=O) groups is 2. The van der Waals surface area contributed by atoms with Crippen LogP contribution in [0.4, 0.5) is 5.95 Å². The van der Waals surface area contributed by atoms with Crippen LogP contribution in [0.1, 0.15) is 12.5 Å². The fourth-order valence-electron chi connectivity index (χ4n) is 2.00. The van der Waals surface area contributed by atoms with E-state index in [0.717, 1.165) is 0 Å². The van der Waals surface area contributed by atoms with Crippen LogP contribution < -0.4 is 4.90 Å². The molecule has 0 aliphatic carbocycles. The van der Waals surface area contributed by atoms with Crippen molar-refractivity contribution in [2.24, 2.45) is 0 Å². The zero-order chi connectivity index (χ0) is 13.8. The second kappa shape index (κ2) is 7.04. The first-order valence-electron chi connectivity index (χ1n) is 6.09. The Morgan fingerprint density at radius 2 is 1.75 bits per heavy atom. The van der Waals surface area contributed by atoms with E-state index >= 15 is 0 Å². The third-order valence-electron chi connectivity index (χ3n) is 3.05. The molecule has 1 fully saturated rings. The number of halogens is 1. The molecule has 2 rings (SSSR count). The fraction of sp³-hybridized carbons (Fsp3) is 0.500. The smallest absolute Gasteiger partial charge is 0.307 e. The van der Waals surface area contributed by atoms with Gasteiger partial charge in [0.05, 0.1) is 6.42 Å². The van der Waals surface area contributed by atoms with Crippen LogP contribution in [0.15, 0.2) is 12.4 Å². The second-order valence-corrected chi connectivity index (χ2v) is 4.45. The van der Waals surface area contributed by atoms with Crippen molar-refractivity contribution in [2.45, 2.75) is 13.3 Å². The number of amides is 1. The lowest BCUT2D eigenvalue weighted by atomic mass is 10.2. The number of nitrogens with zero attached hydrogens (tertiary/aromatic N) is 4. The number of hydrogen-bond acceptors (Lipinski definition) is 5. The van der Waals surface area contributed by atoms with Crippen LogP contribution in [0.5, 0.6) is 0 Å². The molecule has 1 saturated heterocycles. The standard InChI is InChI=1S/C12H16N4O3.ClH/c1-9(17)15-2-4-16(5-3-15)12-13-7-10(8-14-12)6-11(18)19;/h7-8H,2-6H2,1H3,(H,18,19);1H. The number of carboxylic acids is 1. The molecule has 1 N–H and O–H groups in total. The summed E-state index contributed by atoms with van der Waals surface area (Å²) < 4.78 is 0. The third-order valence-corrected chi connectivity index (χ3v) is 3.05. The zero-order valence-corrected chi connectivity index (χ0v) is 12.0. The molecule has 1 aliphatic rings. The average molecular weight is 301 g/mol. The Hall–Kier alpha value is -1.89. The minimum absolute atomic E-state index is 0. The molecule has 1 amide bonds. The predicted octanol–water partition coefficient (Wildman–Crippen LogP) is 0.194. The van der Waals surface area contributed by atoms with Gasteiger partial charge in [-0.15, -0.1) is 12.4 Å². The molecule has 0 atom stereocenters. The lowest BCUT2D eigenvalue weighted by Crippen LogP contribution is -2.48. The number of aliphatic carboxylic acids is 1. The molecule has 0 saturated carbocycles. The molecular weight excluding hydrogens is 284 g/mol. The van der Waals surface area contributed by atoms with E-state index in [2.05, 4.69) is 9.97 Å². The summed E-state index contributed by atoms with van der Waals surface area (Å²) in [6.07, 6.45) is 3.00. The van der Waals surface area contributed by atoms with Gasteiger partial charge < -0.3 is 14.9 Å². The average Bonchev–Trinajstić information content (AvgIpc) is 2.39. The third kappa shape index (κ3) is 4.06. The molecule has 0 bridgehead atoms. The molecule has 1 aliphatic heterocycles. The van der Waals surface area contributed by atoms with Gasteiger partial charge in [-0.3, -0.25) is 9.59 Å². The van der Waals surface area contributed by atoms with E-state index in [1.165, 1.54) is 12.4 Å². The normalized spacial score (nSPS) is 14.7. The lowest BCUT2D eigenvalue weighted by molar-refractivity contribution is -0.136. The van der Waals surface area contributed by atoms with Crippen LogP contribution in [0.25, 0.3) is 0 Å². The van der Waals surface area contributed by atoms with Crippen molar-refractivity contribution in [1.29, 1.82) is 0 Å². The van der Waals surface area contributed by atoms with Gasteiger partial charge in [-0.25, -0.2) is 9.97 Å². The minimum atomic E-state index is -0.897. The molecule has 0 spiro atoms. The Kier molecular flexibility index (Phi) is 5.69. The lowest BCUT2D eigenvalue weighted by Gasteiger charge is -2.34. The molecule has 0 radical (unpaired) electrons. The maximum atomic E-state index is 11.2. The van der Waals surface area contributed by atoms with Gasteiger partial charge in [-0.1, -0.05) is 0 Å². The maximum Gasteiger partial charge on any atom is 0.307 e. The Morgan fingerprint density at radius 3 is 2.20 bits per heavy atom. The summed E-state index contributed by atoms with van der Waals surface area (Å²) in [7, 11) is 0. The topological polar surface area (TPSA) is 86.6 Å². The fourth-order valence-corrected chi connectivity index (χ4v) is 2.00. The Morgan fingerprint density at radius 1 is 1.20 bits per heavy atom. The highest BCUT2D eigenvalue weighted by Crippen LogP contribution is 2.11. The Bertz CT molecular complexity index is 472. The highest BCUT2D eigenvalue weighted by Gasteiger charge is 2.20. The van der Waals surface area contributed by atoms with E-state index in [-0.39, 0.29) is 24.7 Å². The van der Waals surface area contributed by atoms with Crippen LogP contribution in [-0.4, -0.2) is 58.0 Å². The van der Waals surface area contributed by atoms with Crippen molar-refractivity contribution >= 4 is 30.2 Å². The Labute approximate surface area is 123 Å². The molecule has 0 aromatic carbocycles. The number of carbonyl (C=O) groups excluding carboxylic acids is 1. The van der Waals surface area contributed by atoms with Crippen molar-refractivity contribution in [3.8, 4) is 0 Å². The summed E-state index contributed by atoms with van der Waals surface area (Å²) in [4.78, 5) is 33.9. The first kappa shape index (κ1) is 16.2. The molecule has 1 aromatic rings. The van der Waals surface area contributed by atoms with Crippen molar-refractivity contribution in [2.75, 3.05) is 31.1 Å². The molecule has 7 nitrogen and oxygen atoms in total. The van der Waals surface area contributed by atoms with Crippen molar-refractivity contribution in [3.63, 3.8) is 0 Å². The van der Waals surface area contributed by atoms with Gasteiger partial charge in [-0.2, -0.15) is 0 Å². The van der Waals surface area contributed by atoms with Gasteiger partial charge >= 0.3 is 5.97 Å². The van der Waals surface area contributed by atoms with Gasteiger partial charge in [0, 0.05) is 51.1 Å². The molecule has 1 aromatic heterocycles. The molecule has 0 unspecified atom stereocenters. The summed E-state index contributed by atoms with van der Waals surface area (Å²) in [5, 5.41) is 8.66. The number of rotatable bonds is 3. The maximum absolute atomic E-state index is 11.2. The number of carboxylic acid groups (broad SMARTS) is 1. The molecule has 8 heteroatoms. The highest BCUT2D eigenvalue weighted by molar-refractivity contribution is 5.85. The highest BCUT2D eigenvalue weighted by atomic mass is 35.5. The number of piperazine rings is 1. The summed E-state index contributed by atoms with van der Waals surface area (Å²) >= 11 is 0. The van der Waals surface area contributed by atoms with Crippen molar-refractivity contribution < 1.29 is 14.7 Å². The number of hydrogen-bond donors (Lipinski definition) is 1. The van der Waals surface area contributed by atoms with E-state index in [4.69, 9.17) is 5.11 Å². The largest absolute Gasteiger partial charge is 0.481 e.